The summed E-state index contributed by atoms with van der Waals surface area (Å²) in [5.74, 6) is 2.17. The van der Waals surface area contributed by atoms with Crippen molar-refractivity contribution >= 4 is 6.29 Å². The zero-order chi connectivity index (χ0) is 25.6. The van der Waals surface area contributed by atoms with Crippen molar-refractivity contribution in [1.82, 2.24) is 24.5 Å². The summed E-state index contributed by atoms with van der Waals surface area (Å²) in [7, 11) is 1.59. The summed E-state index contributed by atoms with van der Waals surface area (Å²) in [5, 5.41) is 8.95. The predicted octanol–water partition coefficient (Wildman–Crippen LogP) is 4.74. The maximum Gasteiger partial charge on any atom is 0.244 e. The fourth-order valence-electron chi connectivity index (χ4n) is 3.75. The highest BCUT2D eigenvalue weighted by Crippen LogP contribution is 2.30. The van der Waals surface area contributed by atoms with Crippen LogP contribution in [0.4, 0.5) is 0 Å². The number of carbonyl (C=O) groups excluding carboxylic acids is 1. The molecule has 5 aromatic rings. The van der Waals surface area contributed by atoms with E-state index in [-0.39, 0.29) is 12.5 Å². The number of ether oxygens (including phenoxy) is 3. The summed E-state index contributed by atoms with van der Waals surface area (Å²) in [5.41, 5.74) is 3.85. The molecule has 37 heavy (non-hydrogen) atoms. The molecule has 0 saturated carbocycles. The number of aromatic nitrogens is 5. The highest BCUT2D eigenvalue weighted by atomic mass is 16.5. The minimum Gasteiger partial charge on any atom is -0.493 e. The highest BCUT2D eigenvalue weighted by Gasteiger charge is 2.14. The number of pyridine rings is 1. The number of aldehydes is 1. The van der Waals surface area contributed by atoms with Crippen molar-refractivity contribution in [3.63, 3.8) is 0 Å². The Morgan fingerprint density at radius 1 is 0.865 bits per heavy atom. The molecule has 0 aliphatic heterocycles. The molecule has 2 aromatic carbocycles. The molecule has 3 aromatic heterocycles. The van der Waals surface area contributed by atoms with Crippen LogP contribution < -0.4 is 14.2 Å². The molecule has 0 N–H and O–H groups in total. The first-order chi connectivity index (χ1) is 18.1. The van der Waals surface area contributed by atoms with Gasteiger partial charge in [0.15, 0.2) is 23.6 Å². The van der Waals surface area contributed by atoms with Crippen LogP contribution in [0.2, 0.25) is 0 Å². The Bertz CT molecular complexity index is 1500. The third kappa shape index (κ3) is 5.35. The fraction of sp³-hybridized carbons (Fsp3) is 0.143. The van der Waals surface area contributed by atoms with Gasteiger partial charge in [-0.1, -0.05) is 30.3 Å². The molecule has 0 aliphatic carbocycles. The van der Waals surface area contributed by atoms with Crippen LogP contribution in [0.3, 0.4) is 0 Å². The van der Waals surface area contributed by atoms with Crippen LogP contribution in [0.15, 0.2) is 85.3 Å². The second kappa shape index (κ2) is 10.8. The Morgan fingerprint density at radius 3 is 2.46 bits per heavy atom. The van der Waals surface area contributed by atoms with Gasteiger partial charge in [-0.05, 0) is 48.9 Å². The molecule has 0 unspecified atom stereocenters. The largest absolute Gasteiger partial charge is 0.493 e. The zero-order valence-electron chi connectivity index (χ0n) is 20.4. The molecule has 9 nitrogen and oxygen atoms in total. The molecule has 9 heteroatoms. The minimum atomic E-state index is 0.208. The van der Waals surface area contributed by atoms with E-state index in [1.54, 1.807) is 28.9 Å². The summed E-state index contributed by atoms with van der Waals surface area (Å²) in [6, 6.07) is 20.8. The zero-order valence-corrected chi connectivity index (χ0v) is 20.4. The van der Waals surface area contributed by atoms with Crippen LogP contribution in [0.5, 0.6) is 17.4 Å². The average Bonchev–Trinajstić information content (AvgIpc) is 3.55. The lowest BCUT2D eigenvalue weighted by Gasteiger charge is -2.12. The van der Waals surface area contributed by atoms with Gasteiger partial charge >= 0.3 is 0 Å². The Labute approximate surface area is 213 Å². The summed E-state index contributed by atoms with van der Waals surface area (Å²) in [4.78, 5) is 15.9. The van der Waals surface area contributed by atoms with E-state index in [1.165, 1.54) is 0 Å². The Morgan fingerprint density at radius 2 is 1.70 bits per heavy atom. The molecule has 0 atom stereocenters. The average molecular weight is 496 g/mol. The van der Waals surface area contributed by atoms with Gasteiger partial charge in [0, 0.05) is 24.2 Å². The lowest BCUT2D eigenvalue weighted by Crippen LogP contribution is -2.02. The van der Waals surface area contributed by atoms with E-state index >= 15 is 0 Å². The Balaban J connectivity index is 1.26. The van der Waals surface area contributed by atoms with Crippen molar-refractivity contribution in [2.45, 2.75) is 20.1 Å². The number of para-hydroxylation sites is 1. The first kappa shape index (κ1) is 23.8. The van der Waals surface area contributed by atoms with Crippen molar-refractivity contribution in [1.29, 1.82) is 0 Å². The third-order valence-electron chi connectivity index (χ3n) is 5.73. The standard InChI is InChI=1S/C28H25N5O4/c1-20-23(16-33(30-20)27-10-6-7-13-29-27)19-36-25-12-11-21(14-26(25)35-2)18-37-28-22(17-34)15-32(31-28)24-8-4-3-5-9-24/h3-17H,18-19H2,1-2H3. The van der Waals surface area contributed by atoms with E-state index in [2.05, 4.69) is 15.2 Å². The molecule has 0 amide bonds. The maximum atomic E-state index is 11.5. The number of benzene rings is 2. The van der Waals surface area contributed by atoms with Crippen LogP contribution in [0.25, 0.3) is 11.5 Å². The summed E-state index contributed by atoms with van der Waals surface area (Å²) in [6.07, 6.45) is 6.02. The number of aryl methyl sites for hydroxylation is 1. The van der Waals surface area contributed by atoms with E-state index in [0.717, 1.165) is 34.6 Å². The Kier molecular flexibility index (Phi) is 6.93. The normalized spacial score (nSPS) is 10.8. The van der Waals surface area contributed by atoms with Gasteiger partial charge in [0.05, 0.1) is 24.1 Å². The van der Waals surface area contributed by atoms with Crippen LogP contribution in [-0.2, 0) is 13.2 Å². The maximum absolute atomic E-state index is 11.5. The van der Waals surface area contributed by atoms with E-state index < -0.39 is 0 Å². The number of carbonyl (C=O) groups is 1. The molecule has 0 bridgehead atoms. The molecular formula is C28H25N5O4. The number of methoxy groups -OCH3 is 1. The second-order valence-corrected chi connectivity index (χ2v) is 8.22. The molecule has 0 fully saturated rings. The number of hydrogen-bond donors (Lipinski definition) is 0. The minimum absolute atomic E-state index is 0.208. The van der Waals surface area contributed by atoms with Crippen LogP contribution in [-0.4, -0.2) is 37.9 Å². The highest BCUT2D eigenvalue weighted by molar-refractivity contribution is 5.78. The molecule has 0 saturated heterocycles. The molecule has 0 aliphatic rings. The van der Waals surface area contributed by atoms with Gasteiger partial charge in [0.2, 0.25) is 5.88 Å². The van der Waals surface area contributed by atoms with Gasteiger partial charge in [-0.2, -0.15) is 5.10 Å². The SMILES string of the molecule is COc1cc(COc2nn(-c3ccccc3)cc2C=O)ccc1OCc1cn(-c2ccccn2)nc1C. The van der Waals surface area contributed by atoms with Crippen molar-refractivity contribution in [3.05, 3.63) is 108 Å². The molecule has 0 spiro atoms. The number of rotatable bonds is 10. The Hall–Kier alpha value is -4.92. The summed E-state index contributed by atoms with van der Waals surface area (Å²) < 4.78 is 20.8. The quantitative estimate of drug-likeness (QED) is 0.258. The molecular weight excluding hydrogens is 470 g/mol. The van der Waals surface area contributed by atoms with Gasteiger partial charge in [-0.15, -0.1) is 5.10 Å². The summed E-state index contributed by atoms with van der Waals surface area (Å²) in [6.45, 7) is 2.46. The summed E-state index contributed by atoms with van der Waals surface area (Å²) >= 11 is 0. The first-order valence-corrected chi connectivity index (χ1v) is 11.6. The lowest BCUT2D eigenvalue weighted by molar-refractivity contribution is 0.111. The second-order valence-electron chi connectivity index (χ2n) is 8.22. The van der Waals surface area contributed by atoms with Gasteiger partial charge in [0.1, 0.15) is 13.2 Å². The number of hydrogen-bond acceptors (Lipinski definition) is 7. The van der Waals surface area contributed by atoms with Crippen molar-refractivity contribution in [2.24, 2.45) is 0 Å². The third-order valence-corrected chi connectivity index (χ3v) is 5.73. The van der Waals surface area contributed by atoms with Crippen LogP contribution >= 0.6 is 0 Å². The fourth-order valence-corrected chi connectivity index (χ4v) is 3.75. The van der Waals surface area contributed by atoms with E-state index in [1.807, 2.05) is 79.9 Å². The molecule has 0 radical (unpaired) electrons. The van der Waals surface area contributed by atoms with Gasteiger partial charge in [0.25, 0.3) is 0 Å². The van der Waals surface area contributed by atoms with Crippen molar-refractivity contribution in [2.75, 3.05) is 7.11 Å². The van der Waals surface area contributed by atoms with Crippen LogP contribution in [0, 0.1) is 6.92 Å². The predicted molar refractivity (Wildman–Crippen MR) is 137 cm³/mol. The van der Waals surface area contributed by atoms with Crippen molar-refractivity contribution < 1.29 is 19.0 Å². The van der Waals surface area contributed by atoms with Gasteiger partial charge < -0.3 is 14.2 Å². The first-order valence-electron chi connectivity index (χ1n) is 11.6. The lowest BCUT2D eigenvalue weighted by atomic mass is 10.2. The topological polar surface area (TPSA) is 93.3 Å². The molecule has 3 heterocycles. The van der Waals surface area contributed by atoms with Crippen molar-refractivity contribution in [3.8, 4) is 28.9 Å². The van der Waals surface area contributed by atoms with Gasteiger partial charge in [-0.25, -0.2) is 14.3 Å². The van der Waals surface area contributed by atoms with E-state index in [4.69, 9.17) is 14.2 Å². The van der Waals surface area contributed by atoms with E-state index in [0.29, 0.717) is 23.7 Å². The number of nitrogens with zero attached hydrogens (tertiary/aromatic N) is 5. The molecule has 5 rings (SSSR count). The van der Waals surface area contributed by atoms with Gasteiger partial charge in [-0.3, -0.25) is 4.79 Å². The molecule has 186 valence electrons. The smallest absolute Gasteiger partial charge is 0.244 e. The van der Waals surface area contributed by atoms with Crippen LogP contribution in [0.1, 0.15) is 27.2 Å². The van der Waals surface area contributed by atoms with E-state index in [9.17, 15) is 4.79 Å². The monoisotopic (exact) mass is 495 g/mol.